The van der Waals surface area contributed by atoms with E-state index in [9.17, 15) is 9.59 Å². The van der Waals surface area contributed by atoms with Crippen molar-refractivity contribution in [2.45, 2.75) is 65.1 Å². The number of ether oxygens (including phenoxy) is 2. The molecule has 0 bridgehead atoms. The van der Waals surface area contributed by atoms with Gasteiger partial charge in [0.25, 0.3) is 0 Å². The molecule has 0 aromatic heterocycles. The summed E-state index contributed by atoms with van der Waals surface area (Å²) in [6.45, 7) is 11.2. The van der Waals surface area contributed by atoms with Gasteiger partial charge in [-0.25, -0.2) is 0 Å². The highest BCUT2D eigenvalue weighted by Gasteiger charge is 2.22. The van der Waals surface area contributed by atoms with Crippen molar-refractivity contribution in [1.82, 2.24) is 5.32 Å². The second-order valence-corrected chi connectivity index (χ2v) is 6.24. The van der Waals surface area contributed by atoms with Crippen molar-refractivity contribution in [2.75, 3.05) is 19.8 Å². The van der Waals surface area contributed by atoms with Crippen LogP contribution in [0.1, 0.15) is 53.9 Å². The zero-order valence-corrected chi connectivity index (χ0v) is 13.5. The molecule has 0 aromatic carbocycles. The average molecular weight is 287 g/mol. The van der Waals surface area contributed by atoms with E-state index in [-0.39, 0.29) is 17.0 Å². The molecule has 5 nitrogen and oxygen atoms in total. The summed E-state index contributed by atoms with van der Waals surface area (Å²) in [5.74, 6) is 0.140. The van der Waals surface area contributed by atoms with Crippen LogP contribution in [-0.2, 0) is 19.1 Å². The van der Waals surface area contributed by atoms with Crippen molar-refractivity contribution < 1.29 is 19.1 Å². The Balaban J connectivity index is 3.89. The van der Waals surface area contributed by atoms with Gasteiger partial charge in [-0.05, 0) is 47.5 Å². The molecular formula is C15H29NO4. The van der Waals surface area contributed by atoms with Gasteiger partial charge in [-0.15, -0.1) is 0 Å². The Bertz CT molecular complexity index is 300. The number of nitrogens with one attached hydrogen (secondary N) is 1. The van der Waals surface area contributed by atoms with Crippen molar-refractivity contribution in [3.8, 4) is 0 Å². The van der Waals surface area contributed by atoms with Gasteiger partial charge in [0.2, 0.25) is 6.41 Å². The lowest BCUT2D eigenvalue weighted by Gasteiger charge is -2.29. The molecule has 0 aliphatic carbocycles. The normalized spacial score (nSPS) is 12.2. The van der Waals surface area contributed by atoms with Gasteiger partial charge in [-0.3, -0.25) is 9.59 Å². The fourth-order valence-corrected chi connectivity index (χ4v) is 1.62. The molecule has 0 aliphatic heterocycles. The third kappa shape index (κ3) is 10.9. The molecule has 0 radical (unpaired) electrons. The van der Waals surface area contributed by atoms with E-state index in [1.54, 1.807) is 6.92 Å². The maximum absolute atomic E-state index is 10.9. The molecule has 0 aromatic rings. The van der Waals surface area contributed by atoms with Crippen molar-refractivity contribution in [3.63, 3.8) is 0 Å². The average Bonchev–Trinajstić information content (AvgIpc) is 2.27. The first-order chi connectivity index (χ1) is 9.18. The molecule has 0 saturated carbocycles. The number of hydrogen-bond donors (Lipinski definition) is 1. The molecule has 0 aliphatic rings. The first-order valence-corrected chi connectivity index (χ1v) is 7.13. The first kappa shape index (κ1) is 19.1. The SMILES string of the molecule is CC(=O)CCOC(C)(C)CCOC(C)(C)CCNC=O. The van der Waals surface area contributed by atoms with Gasteiger partial charge in [0.15, 0.2) is 0 Å². The standard InChI is InChI=1S/C15H29NO4/c1-13(18)6-10-19-15(4,5)8-11-20-14(2,3)7-9-16-12-17/h12H,6-11H2,1-5H3,(H,16,17). The van der Waals surface area contributed by atoms with Crippen LogP contribution in [0.5, 0.6) is 0 Å². The Morgan fingerprint density at radius 2 is 1.60 bits per heavy atom. The highest BCUT2D eigenvalue weighted by atomic mass is 16.5. The monoisotopic (exact) mass is 287 g/mol. The second kappa shape index (κ2) is 9.08. The molecule has 5 heteroatoms. The summed E-state index contributed by atoms with van der Waals surface area (Å²) >= 11 is 0. The van der Waals surface area contributed by atoms with E-state index in [4.69, 9.17) is 9.47 Å². The van der Waals surface area contributed by atoms with Crippen LogP contribution in [0.4, 0.5) is 0 Å². The van der Waals surface area contributed by atoms with E-state index in [1.807, 2.05) is 27.7 Å². The molecule has 0 atom stereocenters. The number of rotatable bonds is 12. The topological polar surface area (TPSA) is 64.6 Å². The van der Waals surface area contributed by atoms with Crippen LogP contribution in [0.3, 0.4) is 0 Å². The molecule has 0 rings (SSSR count). The summed E-state index contributed by atoms with van der Waals surface area (Å²) in [6.07, 6.45) is 2.67. The predicted molar refractivity (Wildman–Crippen MR) is 78.7 cm³/mol. The molecule has 0 unspecified atom stereocenters. The van der Waals surface area contributed by atoms with Gasteiger partial charge in [0.1, 0.15) is 5.78 Å². The van der Waals surface area contributed by atoms with Crippen LogP contribution in [0, 0.1) is 0 Å². The van der Waals surface area contributed by atoms with E-state index in [0.717, 1.165) is 12.8 Å². The highest BCUT2D eigenvalue weighted by Crippen LogP contribution is 2.19. The first-order valence-electron chi connectivity index (χ1n) is 7.13. The second-order valence-electron chi connectivity index (χ2n) is 6.24. The van der Waals surface area contributed by atoms with Crippen LogP contribution in [0.15, 0.2) is 0 Å². The molecule has 118 valence electrons. The van der Waals surface area contributed by atoms with Gasteiger partial charge in [0, 0.05) is 13.0 Å². The molecule has 20 heavy (non-hydrogen) atoms. The van der Waals surface area contributed by atoms with Gasteiger partial charge >= 0.3 is 0 Å². The molecule has 0 saturated heterocycles. The number of amides is 1. The Morgan fingerprint density at radius 3 is 2.15 bits per heavy atom. The van der Waals surface area contributed by atoms with E-state index < -0.39 is 0 Å². The van der Waals surface area contributed by atoms with E-state index >= 15 is 0 Å². The third-order valence-corrected chi connectivity index (χ3v) is 3.10. The Labute approximate surface area is 122 Å². The minimum Gasteiger partial charge on any atom is -0.375 e. The largest absolute Gasteiger partial charge is 0.375 e. The Hall–Kier alpha value is -0.940. The quantitative estimate of drug-likeness (QED) is 0.441. The van der Waals surface area contributed by atoms with Crippen molar-refractivity contribution >= 4 is 12.2 Å². The summed E-state index contributed by atoms with van der Waals surface area (Å²) in [5.41, 5.74) is -0.571. The summed E-state index contributed by atoms with van der Waals surface area (Å²) in [7, 11) is 0. The number of ketones is 1. The van der Waals surface area contributed by atoms with Crippen molar-refractivity contribution in [2.24, 2.45) is 0 Å². The summed E-state index contributed by atoms with van der Waals surface area (Å²) in [4.78, 5) is 21.1. The molecular weight excluding hydrogens is 258 g/mol. The van der Waals surface area contributed by atoms with Crippen molar-refractivity contribution in [1.29, 1.82) is 0 Å². The lowest BCUT2D eigenvalue weighted by molar-refractivity contribution is -0.120. The molecule has 0 spiro atoms. The zero-order valence-electron chi connectivity index (χ0n) is 13.5. The fourth-order valence-electron chi connectivity index (χ4n) is 1.62. The van der Waals surface area contributed by atoms with E-state index in [0.29, 0.717) is 32.6 Å². The summed E-state index contributed by atoms with van der Waals surface area (Å²) in [5, 5.41) is 2.63. The fraction of sp³-hybridized carbons (Fsp3) is 0.867. The summed E-state index contributed by atoms with van der Waals surface area (Å²) in [6, 6.07) is 0. The maximum atomic E-state index is 10.9. The minimum absolute atomic E-state index is 0.140. The lowest BCUT2D eigenvalue weighted by atomic mass is 10.0. The van der Waals surface area contributed by atoms with Gasteiger partial charge in [-0.2, -0.15) is 0 Å². The maximum Gasteiger partial charge on any atom is 0.207 e. The smallest absolute Gasteiger partial charge is 0.207 e. The van der Waals surface area contributed by atoms with Crippen LogP contribution in [0.25, 0.3) is 0 Å². The van der Waals surface area contributed by atoms with Crippen molar-refractivity contribution in [3.05, 3.63) is 0 Å². The Kier molecular flexibility index (Phi) is 8.65. The van der Waals surface area contributed by atoms with Crippen LogP contribution in [-0.4, -0.2) is 43.2 Å². The third-order valence-electron chi connectivity index (χ3n) is 3.10. The number of hydrogen-bond acceptors (Lipinski definition) is 4. The van der Waals surface area contributed by atoms with Crippen LogP contribution in [0.2, 0.25) is 0 Å². The number of carbonyl (C=O) groups excluding carboxylic acids is 2. The lowest BCUT2D eigenvalue weighted by Crippen LogP contribution is -2.33. The van der Waals surface area contributed by atoms with Crippen LogP contribution < -0.4 is 5.32 Å². The highest BCUT2D eigenvalue weighted by molar-refractivity contribution is 5.75. The molecule has 1 N–H and O–H groups in total. The van der Waals surface area contributed by atoms with Gasteiger partial charge in [0.05, 0.1) is 24.4 Å². The van der Waals surface area contributed by atoms with E-state index in [1.165, 1.54) is 0 Å². The Morgan fingerprint density at radius 1 is 1.05 bits per heavy atom. The number of carbonyl (C=O) groups is 2. The summed E-state index contributed by atoms with van der Waals surface area (Å²) < 4.78 is 11.5. The molecule has 0 fully saturated rings. The van der Waals surface area contributed by atoms with E-state index in [2.05, 4.69) is 5.32 Å². The molecule has 1 amide bonds. The van der Waals surface area contributed by atoms with Crippen LogP contribution >= 0.6 is 0 Å². The zero-order chi connectivity index (χ0) is 15.6. The van der Waals surface area contributed by atoms with Gasteiger partial charge in [-0.1, -0.05) is 0 Å². The minimum atomic E-state index is -0.299. The molecule has 0 heterocycles. The van der Waals surface area contributed by atoms with Gasteiger partial charge < -0.3 is 14.8 Å². The predicted octanol–water partition coefficient (Wildman–Crippen LogP) is 2.08. The number of Topliss-reactive ketones (excluding diaryl/α,β-unsaturated/α-hetero) is 1.